The maximum Gasteiger partial charge on any atom is 0.0726 e. The van der Waals surface area contributed by atoms with Gasteiger partial charge in [-0.3, -0.25) is 4.98 Å². The molecule has 0 unspecified atom stereocenters. The van der Waals surface area contributed by atoms with Crippen LogP contribution in [0.25, 0.3) is 10.9 Å². The molecule has 0 fully saturated rings. The van der Waals surface area contributed by atoms with Gasteiger partial charge in [-0.05, 0) is 37.1 Å². The van der Waals surface area contributed by atoms with Crippen LogP contribution in [0.1, 0.15) is 18.2 Å². The summed E-state index contributed by atoms with van der Waals surface area (Å²) in [6, 6.07) is 6.00. The Morgan fingerprint density at radius 1 is 1.40 bits per heavy atom. The molecule has 15 heavy (non-hydrogen) atoms. The fraction of sp³-hybridized carbons (Fsp3) is 0.250. The van der Waals surface area contributed by atoms with Crippen molar-refractivity contribution < 1.29 is 0 Å². The highest BCUT2D eigenvalue weighted by atomic mass is 79.9. The van der Waals surface area contributed by atoms with Gasteiger partial charge >= 0.3 is 0 Å². The van der Waals surface area contributed by atoms with Crippen LogP contribution in [0.5, 0.6) is 0 Å². The number of aromatic nitrogens is 1. The van der Waals surface area contributed by atoms with E-state index in [1.165, 1.54) is 0 Å². The van der Waals surface area contributed by atoms with Crippen molar-refractivity contribution in [2.75, 3.05) is 5.73 Å². The summed E-state index contributed by atoms with van der Waals surface area (Å²) in [6.07, 6.45) is 0.924. The van der Waals surface area contributed by atoms with E-state index < -0.39 is 0 Å². The highest BCUT2D eigenvalue weighted by molar-refractivity contribution is 9.10. The molecule has 0 spiro atoms. The molecule has 0 saturated carbocycles. The molecule has 1 aromatic heterocycles. The number of nitrogen functional groups attached to an aromatic ring is 1. The van der Waals surface area contributed by atoms with Crippen molar-refractivity contribution in [3.05, 3.63) is 33.9 Å². The van der Waals surface area contributed by atoms with Crippen LogP contribution < -0.4 is 5.73 Å². The summed E-state index contributed by atoms with van der Waals surface area (Å²) in [4.78, 5) is 4.55. The van der Waals surface area contributed by atoms with Crippen LogP contribution in [-0.4, -0.2) is 4.98 Å². The van der Waals surface area contributed by atoms with Gasteiger partial charge in [0.25, 0.3) is 0 Å². The van der Waals surface area contributed by atoms with E-state index in [0.29, 0.717) is 0 Å². The summed E-state index contributed by atoms with van der Waals surface area (Å²) >= 11 is 3.45. The minimum atomic E-state index is 0.862. The van der Waals surface area contributed by atoms with E-state index >= 15 is 0 Å². The molecule has 2 N–H and O–H groups in total. The zero-order chi connectivity index (χ0) is 11.0. The van der Waals surface area contributed by atoms with E-state index in [1.54, 1.807) is 0 Å². The van der Waals surface area contributed by atoms with Crippen molar-refractivity contribution in [3.63, 3.8) is 0 Å². The molecule has 2 nitrogen and oxygen atoms in total. The lowest BCUT2D eigenvalue weighted by molar-refractivity contribution is 1.07. The lowest BCUT2D eigenvalue weighted by Crippen LogP contribution is -2.00. The fourth-order valence-corrected chi connectivity index (χ4v) is 2.23. The Labute approximate surface area is 97.6 Å². The van der Waals surface area contributed by atoms with Crippen LogP contribution in [0.3, 0.4) is 0 Å². The van der Waals surface area contributed by atoms with Crippen molar-refractivity contribution in [2.45, 2.75) is 20.3 Å². The standard InChI is InChI=1S/C12H13BrN2/c1-3-9-7(2)15-11-5-4-8(13)6-10(11)12(9)14/h4-6H,3H2,1-2H3,(H2,14,15). The fourth-order valence-electron chi connectivity index (χ4n) is 1.87. The Morgan fingerprint density at radius 3 is 2.80 bits per heavy atom. The molecule has 2 aromatic rings. The van der Waals surface area contributed by atoms with Crippen molar-refractivity contribution >= 4 is 32.5 Å². The maximum absolute atomic E-state index is 6.14. The number of hydrogen-bond acceptors (Lipinski definition) is 2. The minimum absolute atomic E-state index is 0.862. The maximum atomic E-state index is 6.14. The Bertz CT molecular complexity index is 521. The highest BCUT2D eigenvalue weighted by Gasteiger charge is 2.08. The SMILES string of the molecule is CCc1c(C)nc2ccc(Br)cc2c1N. The van der Waals surface area contributed by atoms with Gasteiger partial charge in [-0.2, -0.15) is 0 Å². The largest absolute Gasteiger partial charge is 0.398 e. The molecule has 0 atom stereocenters. The van der Waals surface area contributed by atoms with E-state index in [2.05, 4.69) is 27.8 Å². The topological polar surface area (TPSA) is 38.9 Å². The molecule has 0 aliphatic heterocycles. The summed E-state index contributed by atoms with van der Waals surface area (Å²) in [7, 11) is 0. The monoisotopic (exact) mass is 264 g/mol. The number of rotatable bonds is 1. The molecule has 0 aliphatic rings. The van der Waals surface area contributed by atoms with Gasteiger partial charge < -0.3 is 5.73 Å². The second kappa shape index (κ2) is 3.81. The molecule has 78 valence electrons. The van der Waals surface area contributed by atoms with Crippen LogP contribution in [0.4, 0.5) is 5.69 Å². The van der Waals surface area contributed by atoms with Crippen molar-refractivity contribution in [2.24, 2.45) is 0 Å². The van der Waals surface area contributed by atoms with Gasteiger partial charge in [0.15, 0.2) is 0 Å². The van der Waals surface area contributed by atoms with Gasteiger partial charge in [0.2, 0.25) is 0 Å². The predicted molar refractivity (Wildman–Crippen MR) is 68.0 cm³/mol. The molecular weight excluding hydrogens is 252 g/mol. The van der Waals surface area contributed by atoms with Crippen molar-refractivity contribution in [3.8, 4) is 0 Å². The summed E-state index contributed by atoms with van der Waals surface area (Å²) in [6.45, 7) is 4.11. The van der Waals surface area contributed by atoms with Crippen LogP contribution in [0, 0.1) is 6.92 Å². The molecule has 0 aliphatic carbocycles. The zero-order valence-corrected chi connectivity index (χ0v) is 10.4. The molecule has 3 heteroatoms. The van der Waals surface area contributed by atoms with Crippen LogP contribution in [-0.2, 0) is 6.42 Å². The molecule has 0 saturated heterocycles. The minimum Gasteiger partial charge on any atom is -0.398 e. The first-order chi connectivity index (χ1) is 7.13. The molecule has 0 radical (unpaired) electrons. The first-order valence-electron chi connectivity index (χ1n) is 4.97. The van der Waals surface area contributed by atoms with Gasteiger partial charge in [-0.15, -0.1) is 0 Å². The van der Waals surface area contributed by atoms with E-state index in [1.807, 2.05) is 25.1 Å². The first kappa shape index (κ1) is 10.4. The average Bonchev–Trinajstić information content (AvgIpc) is 2.20. The molecule has 2 rings (SSSR count). The Morgan fingerprint density at radius 2 is 2.13 bits per heavy atom. The quantitative estimate of drug-likeness (QED) is 0.857. The van der Waals surface area contributed by atoms with Gasteiger partial charge in [0, 0.05) is 21.2 Å². The van der Waals surface area contributed by atoms with E-state index in [4.69, 9.17) is 5.73 Å². The van der Waals surface area contributed by atoms with Crippen LogP contribution >= 0.6 is 15.9 Å². The smallest absolute Gasteiger partial charge is 0.0726 e. The first-order valence-corrected chi connectivity index (χ1v) is 5.77. The summed E-state index contributed by atoms with van der Waals surface area (Å²) in [5.41, 5.74) is 10.1. The van der Waals surface area contributed by atoms with Gasteiger partial charge in [0.05, 0.1) is 5.52 Å². The molecule has 0 bridgehead atoms. The third-order valence-electron chi connectivity index (χ3n) is 2.65. The zero-order valence-electron chi connectivity index (χ0n) is 8.84. The Kier molecular flexibility index (Phi) is 2.65. The van der Waals surface area contributed by atoms with E-state index in [-0.39, 0.29) is 0 Å². The van der Waals surface area contributed by atoms with Crippen molar-refractivity contribution in [1.82, 2.24) is 4.98 Å². The Hall–Kier alpha value is -1.09. The van der Waals surface area contributed by atoms with Crippen LogP contribution in [0.2, 0.25) is 0 Å². The number of nitrogens with zero attached hydrogens (tertiary/aromatic N) is 1. The second-order valence-corrected chi connectivity index (χ2v) is 4.52. The third-order valence-corrected chi connectivity index (χ3v) is 3.15. The third kappa shape index (κ3) is 1.72. The molecular formula is C12H13BrN2. The lowest BCUT2D eigenvalue weighted by Gasteiger charge is -2.10. The van der Waals surface area contributed by atoms with Crippen LogP contribution in [0.15, 0.2) is 22.7 Å². The summed E-state index contributed by atoms with van der Waals surface area (Å²) in [5.74, 6) is 0. The number of benzene rings is 1. The number of fused-ring (bicyclic) bond motifs is 1. The Balaban J connectivity index is 2.86. The van der Waals surface area contributed by atoms with Gasteiger partial charge in [-0.25, -0.2) is 0 Å². The lowest BCUT2D eigenvalue weighted by atomic mass is 10.0. The van der Waals surface area contributed by atoms with Gasteiger partial charge in [0.1, 0.15) is 0 Å². The van der Waals surface area contributed by atoms with E-state index in [0.717, 1.165) is 38.7 Å². The van der Waals surface area contributed by atoms with Gasteiger partial charge in [-0.1, -0.05) is 22.9 Å². The number of aryl methyl sites for hydroxylation is 1. The second-order valence-electron chi connectivity index (χ2n) is 3.60. The number of nitrogens with two attached hydrogens (primary N) is 1. The predicted octanol–water partition coefficient (Wildman–Crippen LogP) is 3.45. The molecule has 1 aromatic carbocycles. The average molecular weight is 265 g/mol. The van der Waals surface area contributed by atoms with E-state index in [9.17, 15) is 0 Å². The normalized spacial score (nSPS) is 10.9. The number of pyridine rings is 1. The summed E-state index contributed by atoms with van der Waals surface area (Å²) < 4.78 is 1.04. The molecule has 0 amide bonds. The number of anilines is 1. The molecule has 1 heterocycles. The van der Waals surface area contributed by atoms with Crippen molar-refractivity contribution in [1.29, 1.82) is 0 Å². The highest BCUT2D eigenvalue weighted by Crippen LogP contribution is 2.28. The number of hydrogen-bond donors (Lipinski definition) is 1. The summed E-state index contributed by atoms with van der Waals surface area (Å²) in [5, 5.41) is 1.03. The number of halogens is 1.